The van der Waals surface area contributed by atoms with Crippen LogP contribution in [0.25, 0.3) is 0 Å². The van der Waals surface area contributed by atoms with Crippen LogP contribution < -0.4 is 0 Å². The molecule has 1 atom stereocenters. The van der Waals surface area contributed by atoms with Crippen molar-refractivity contribution in [2.45, 2.75) is 24.7 Å². The third kappa shape index (κ3) is 1.84. The number of aromatic nitrogens is 2. The highest BCUT2D eigenvalue weighted by Gasteiger charge is 2.45. The van der Waals surface area contributed by atoms with Crippen molar-refractivity contribution >= 4 is 5.97 Å². The van der Waals surface area contributed by atoms with Gasteiger partial charge < -0.3 is 5.11 Å². The van der Waals surface area contributed by atoms with Gasteiger partial charge in [0.15, 0.2) is 0 Å². The van der Waals surface area contributed by atoms with Gasteiger partial charge in [-0.2, -0.15) is 5.10 Å². The Morgan fingerprint density at radius 2 is 2.21 bits per heavy atom. The van der Waals surface area contributed by atoms with Crippen LogP contribution in [0.4, 0.5) is 0 Å². The molecule has 1 unspecified atom stereocenters. The molecule has 1 aromatic carbocycles. The number of aryl methyl sites for hydroxylation is 2. The second-order valence-electron chi connectivity index (χ2n) is 5.20. The highest BCUT2D eigenvalue weighted by atomic mass is 16.4. The zero-order valence-electron chi connectivity index (χ0n) is 10.8. The van der Waals surface area contributed by atoms with Crippen LogP contribution in [-0.2, 0) is 30.1 Å². The van der Waals surface area contributed by atoms with Crippen molar-refractivity contribution in [3.63, 3.8) is 0 Å². The summed E-state index contributed by atoms with van der Waals surface area (Å²) in [6, 6.07) is 9.75. The maximum atomic E-state index is 11.9. The van der Waals surface area contributed by atoms with Crippen molar-refractivity contribution in [3.05, 3.63) is 53.3 Å². The molecule has 4 nitrogen and oxygen atoms in total. The van der Waals surface area contributed by atoms with Crippen LogP contribution >= 0.6 is 0 Å². The number of fused-ring (bicyclic) bond motifs is 1. The van der Waals surface area contributed by atoms with E-state index in [1.54, 1.807) is 4.68 Å². The van der Waals surface area contributed by atoms with Gasteiger partial charge in [0.05, 0.1) is 11.1 Å². The molecule has 0 bridgehead atoms. The number of carbonyl (C=O) groups is 1. The molecular weight excluding hydrogens is 240 g/mol. The summed E-state index contributed by atoms with van der Waals surface area (Å²) in [6.45, 7) is 0. The molecule has 0 aliphatic heterocycles. The maximum Gasteiger partial charge on any atom is 0.314 e. The SMILES string of the molecule is Cn1ccc(CC2(C(=O)O)CCc3ccccc32)n1. The fourth-order valence-electron chi connectivity index (χ4n) is 3.04. The van der Waals surface area contributed by atoms with E-state index in [4.69, 9.17) is 0 Å². The van der Waals surface area contributed by atoms with Crippen LogP contribution in [0.5, 0.6) is 0 Å². The van der Waals surface area contributed by atoms with Crippen LogP contribution in [0.2, 0.25) is 0 Å². The molecule has 0 saturated carbocycles. The zero-order valence-corrected chi connectivity index (χ0v) is 10.8. The van der Waals surface area contributed by atoms with Crippen LogP contribution in [0, 0.1) is 0 Å². The van der Waals surface area contributed by atoms with Gasteiger partial charge in [-0.15, -0.1) is 0 Å². The first-order chi connectivity index (χ1) is 9.12. The lowest BCUT2D eigenvalue weighted by atomic mass is 9.78. The summed E-state index contributed by atoms with van der Waals surface area (Å²) in [5.74, 6) is -0.747. The Labute approximate surface area is 111 Å². The van der Waals surface area contributed by atoms with Gasteiger partial charge >= 0.3 is 5.97 Å². The molecule has 1 heterocycles. The van der Waals surface area contributed by atoms with E-state index in [1.165, 1.54) is 0 Å². The number of carboxylic acids is 1. The van der Waals surface area contributed by atoms with Gasteiger partial charge in [-0.3, -0.25) is 9.48 Å². The maximum absolute atomic E-state index is 11.9. The highest BCUT2D eigenvalue weighted by Crippen LogP contribution is 2.41. The van der Waals surface area contributed by atoms with E-state index in [-0.39, 0.29) is 0 Å². The van der Waals surface area contributed by atoms with Crippen molar-refractivity contribution in [1.29, 1.82) is 0 Å². The van der Waals surface area contributed by atoms with Crippen molar-refractivity contribution in [2.24, 2.45) is 7.05 Å². The number of nitrogens with zero attached hydrogens (tertiary/aromatic N) is 2. The van der Waals surface area contributed by atoms with E-state index in [1.807, 2.05) is 43.6 Å². The number of carboxylic acid groups (broad SMARTS) is 1. The highest BCUT2D eigenvalue weighted by molar-refractivity contribution is 5.83. The van der Waals surface area contributed by atoms with E-state index in [2.05, 4.69) is 5.10 Å². The average Bonchev–Trinajstić information content (AvgIpc) is 2.96. The third-order valence-corrected chi connectivity index (χ3v) is 4.02. The molecule has 1 aliphatic rings. The van der Waals surface area contributed by atoms with E-state index in [0.717, 1.165) is 23.2 Å². The minimum atomic E-state index is -0.815. The summed E-state index contributed by atoms with van der Waals surface area (Å²) < 4.78 is 1.71. The summed E-state index contributed by atoms with van der Waals surface area (Å²) in [5.41, 5.74) is 2.13. The number of aliphatic carboxylic acids is 1. The van der Waals surface area contributed by atoms with Crippen LogP contribution in [0.1, 0.15) is 23.2 Å². The first-order valence-electron chi connectivity index (χ1n) is 6.42. The monoisotopic (exact) mass is 256 g/mol. The van der Waals surface area contributed by atoms with Crippen LogP contribution in [0.15, 0.2) is 36.5 Å². The van der Waals surface area contributed by atoms with Gasteiger partial charge in [-0.25, -0.2) is 0 Å². The molecule has 0 radical (unpaired) electrons. The van der Waals surface area contributed by atoms with Gasteiger partial charge in [0.1, 0.15) is 0 Å². The Balaban J connectivity index is 2.04. The zero-order chi connectivity index (χ0) is 13.5. The molecule has 1 aliphatic carbocycles. The number of hydrogen-bond donors (Lipinski definition) is 1. The Kier molecular flexibility index (Phi) is 2.66. The lowest BCUT2D eigenvalue weighted by Gasteiger charge is -2.24. The standard InChI is InChI=1S/C15H16N2O2/c1-17-9-7-12(16-17)10-15(14(18)19)8-6-11-4-2-3-5-13(11)15/h2-5,7,9H,6,8,10H2,1H3,(H,18,19). The molecular formula is C15H16N2O2. The average molecular weight is 256 g/mol. The first-order valence-corrected chi connectivity index (χ1v) is 6.42. The van der Waals surface area contributed by atoms with Crippen molar-refractivity contribution < 1.29 is 9.90 Å². The van der Waals surface area contributed by atoms with Crippen LogP contribution in [0.3, 0.4) is 0 Å². The molecule has 3 rings (SSSR count). The van der Waals surface area contributed by atoms with Crippen molar-refractivity contribution in [1.82, 2.24) is 9.78 Å². The van der Waals surface area contributed by atoms with E-state index < -0.39 is 11.4 Å². The van der Waals surface area contributed by atoms with E-state index in [0.29, 0.717) is 12.8 Å². The van der Waals surface area contributed by atoms with Gasteiger partial charge in [-0.1, -0.05) is 24.3 Å². The smallest absolute Gasteiger partial charge is 0.314 e. The van der Waals surface area contributed by atoms with Gasteiger partial charge in [0.2, 0.25) is 0 Å². The summed E-state index contributed by atoms with van der Waals surface area (Å²) in [6.07, 6.45) is 3.79. The quantitative estimate of drug-likeness (QED) is 0.913. The summed E-state index contributed by atoms with van der Waals surface area (Å²) in [7, 11) is 1.85. The van der Waals surface area contributed by atoms with E-state index in [9.17, 15) is 9.90 Å². The van der Waals surface area contributed by atoms with Gasteiger partial charge in [0.25, 0.3) is 0 Å². The van der Waals surface area contributed by atoms with Crippen LogP contribution in [-0.4, -0.2) is 20.9 Å². The van der Waals surface area contributed by atoms with E-state index >= 15 is 0 Å². The fourth-order valence-corrected chi connectivity index (χ4v) is 3.04. The van der Waals surface area contributed by atoms with Gasteiger partial charge in [0, 0.05) is 19.7 Å². The lowest BCUT2D eigenvalue weighted by Crippen LogP contribution is -2.36. The normalized spacial score (nSPS) is 21.3. The summed E-state index contributed by atoms with van der Waals surface area (Å²) in [4.78, 5) is 11.9. The molecule has 0 fully saturated rings. The molecule has 0 spiro atoms. The fraction of sp³-hybridized carbons (Fsp3) is 0.333. The summed E-state index contributed by atoms with van der Waals surface area (Å²) in [5, 5.41) is 14.1. The Hall–Kier alpha value is -2.10. The summed E-state index contributed by atoms with van der Waals surface area (Å²) >= 11 is 0. The number of hydrogen-bond acceptors (Lipinski definition) is 2. The second-order valence-corrected chi connectivity index (χ2v) is 5.20. The predicted molar refractivity (Wildman–Crippen MR) is 71.0 cm³/mol. The minimum absolute atomic E-state index is 0.459. The number of benzene rings is 1. The predicted octanol–water partition coefficient (Wildman–Crippen LogP) is 1.93. The van der Waals surface area contributed by atoms with Crippen molar-refractivity contribution in [3.8, 4) is 0 Å². The molecule has 0 saturated heterocycles. The number of rotatable bonds is 3. The largest absolute Gasteiger partial charge is 0.481 e. The minimum Gasteiger partial charge on any atom is -0.481 e. The molecule has 1 N–H and O–H groups in total. The molecule has 0 amide bonds. The molecule has 98 valence electrons. The topological polar surface area (TPSA) is 55.1 Å². The third-order valence-electron chi connectivity index (χ3n) is 4.02. The van der Waals surface area contributed by atoms with Crippen molar-refractivity contribution in [2.75, 3.05) is 0 Å². The lowest BCUT2D eigenvalue weighted by molar-refractivity contribution is -0.143. The Bertz CT molecular complexity index is 633. The second kappa shape index (κ2) is 4.23. The first kappa shape index (κ1) is 12.0. The Morgan fingerprint density at radius 1 is 1.42 bits per heavy atom. The molecule has 4 heteroatoms. The Morgan fingerprint density at radius 3 is 2.89 bits per heavy atom. The molecule has 19 heavy (non-hydrogen) atoms. The molecule has 1 aromatic heterocycles. The van der Waals surface area contributed by atoms with Gasteiger partial charge in [-0.05, 0) is 30.0 Å². The molecule has 2 aromatic rings.